The van der Waals surface area contributed by atoms with Crippen LogP contribution >= 0.6 is 0 Å². The lowest BCUT2D eigenvalue weighted by Gasteiger charge is -2.33. The zero-order valence-electron chi connectivity index (χ0n) is 16.9. The highest BCUT2D eigenvalue weighted by atomic mass is 16.5. The average molecular weight is 376 g/mol. The molecule has 1 aliphatic rings. The molecule has 0 bridgehead atoms. The van der Waals surface area contributed by atoms with E-state index < -0.39 is 0 Å². The summed E-state index contributed by atoms with van der Waals surface area (Å²) in [7, 11) is 1.75. The first kappa shape index (κ1) is 19.9. The van der Waals surface area contributed by atoms with Gasteiger partial charge in [0.15, 0.2) is 0 Å². The third-order valence-corrected chi connectivity index (χ3v) is 5.21. The third-order valence-electron chi connectivity index (χ3n) is 5.21. The van der Waals surface area contributed by atoms with Crippen LogP contribution in [-0.4, -0.2) is 18.7 Å². The number of rotatable bonds is 7. The minimum Gasteiger partial charge on any atom is -0.399 e. The number of dihydropyridines is 1. The van der Waals surface area contributed by atoms with Gasteiger partial charge in [-0.3, -0.25) is 4.98 Å². The van der Waals surface area contributed by atoms with Crippen LogP contribution in [0.5, 0.6) is 0 Å². The molecule has 146 valence electrons. The Bertz CT molecular complexity index is 897. The smallest absolute Gasteiger partial charge is 0.0500 e. The number of pyridine rings is 1. The average Bonchev–Trinajstić information content (AvgIpc) is 2.69. The quantitative estimate of drug-likeness (QED) is 0.666. The van der Waals surface area contributed by atoms with Crippen LogP contribution < -0.4 is 11.1 Å². The Labute approximate surface area is 167 Å². The van der Waals surface area contributed by atoms with Gasteiger partial charge in [0, 0.05) is 42.5 Å². The Kier molecular flexibility index (Phi) is 6.66. The van der Waals surface area contributed by atoms with Gasteiger partial charge in [-0.2, -0.15) is 0 Å². The van der Waals surface area contributed by atoms with E-state index in [9.17, 15) is 0 Å². The molecule has 3 rings (SSSR count). The number of methoxy groups -OCH3 is 1. The maximum atomic E-state index is 6.11. The Morgan fingerprint density at radius 2 is 1.86 bits per heavy atom. The molecule has 0 aliphatic carbocycles. The van der Waals surface area contributed by atoms with Crippen LogP contribution in [0.2, 0.25) is 0 Å². The number of hydrogen-bond acceptors (Lipinski definition) is 4. The number of nitrogens with one attached hydrogen (secondary N) is 1. The number of allylic oxidation sites excluding steroid dienone is 4. The molecule has 0 fully saturated rings. The van der Waals surface area contributed by atoms with E-state index in [2.05, 4.69) is 48.4 Å². The maximum Gasteiger partial charge on any atom is 0.0500 e. The van der Waals surface area contributed by atoms with Gasteiger partial charge in [0.1, 0.15) is 0 Å². The molecule has 4 heteroatoms. The number of aromatic nitrogens is 1. The molecule has 28 heavy (non-hydrogen) atoms. The second kappa shape index (κ2) is 9.38. The molecule has 1 aromatic carbocycles. The Balaban J connectivity index is 1.95. The number of nitrogens with zero attached hydrogens (tertiary/aromatic N) is 1. The van der Waals surface area contributed by atoms with Gasteiger partial charge in [0.05, 0.1) is 6.61 Å². The summed E-state index contributed by atoms with van der Waals surface area (Å²) in [5.74, 6) is 0.210. The molecule has 0 spiro atoms. The SMILES string of the molecule is COCCC1=C(C)NC(C)=C(C/C=C/c2ccncc2)C1c1cccc(N)c1. The van der Waals surface area contributed by atoms with E-state index in [4.69, 9.17) is 10.5 Å². The lowest BCUT2D eigenvalue weighted by atomic mass is 9.78. The van der Waals surface area contributed by atoms with E-state index >= 15 is 0 Å². The summed E-state index contributed by atoms with van der Waals surface area (Å²) >= 11 is 0. The third kappa shape index (κ3) is 4.70. The summed E-state index contributed by atoms with van der Waals surface area (Å²) in [5.41, 5.74) is 14.5. The van der Waals surface area contributed by atoms with E-state index in [1.807, 2.05) is 36.7 Å². The summed E-state index contributed by atoms with van der Waals surface area (Å²) in [6, 6.07) is 12.3. The molecule has 2 aromatic rings. The molecule has 0 saturated carbocycles. The number of nitrogens with two attached hydrogens (primary N) is 1. The molecule has 1 aliphatic heterocycles. The van der Waals surface area contributed by atoms with Gasteiger partial charge in [0.25, 0.3) is 0 Å². The Morgan fingerprint density at radius 1 is 1.11 bits per heavy atom. The number of ether oxygens (including phenoxy) is 1. The summed E-state index contributed by atoms with van der Waals surface area (Å²) in [5, 5.41) is 3.58. The Hall–Kier alpha value is -2.85. The molecular formula is C24H29N3O. The van der Waals surface area contributed by atoms with E-state index in [0.29, 0.717) is 6.61 Å². The van der Waals surface area contributed by atoms with E-state index in [-0.39, 0.29) is 5.92 Å². The monoisotopic (exact) mass is 375 g/mol. The van der Waals surface area contributed by atoms with Gasteiger partial charge < -0.3 is 15.8 Å². The first-order valence-electron chi connectivity index (χ1n) is 9.67. The van der Waals surface area contributed by atoms with E-state index in [1.54, 1.807) is 7.11 Å². The predicted molar refractivity (Wildman–Crippen MR) is 117 cm³/mol. The van der Waals surface area contributed by atoms with Crippen molar-refractivity contribution >= 4 is 11.8 Å². The highest BCUT2D eigenvalue weighted by molar-refractivity contribution is 5.53. The van der Waals surface area contributed by atoms with Gasteiger partial charge in [0.2, 0.25) is 0 Å². The van der Waals surface area contributed by atoms with Crippen LogP contribution in [0, 0.1) is 0 Å². The van der Waals surface area contributed by atoms with Gasteiger partial charge in [-0.05, 0) is 73.2 Å². The second-order valence-electron chi connectivity index (χ2n) is 7.16. The first-order valence-corrected chi connectivity index (χ1v) is 9.67. The summed E-state index contributed by atoms with van der Waals surface area (Å²) < 4.78 is 5.38. The molecule has 1 unspecified atom stereocenters. The van der Waals surface area contributed by atoms with Crippen LogP contribution in [0.4, 0.5) is 5.69 Å². The fourth-order valence-corrected chi connectivity index (χ4v) is 3.84. The second-order valence-corrected chi connectivity index (χ2v) is 7.16. The molecule has 0 radical (unpaired) electrons. The van der Waals surface area contributed by atoms with Crippen LogP contribution in [-0.2, 0) is 4.74 Å². The van der Waals surface area contributed by atoms with Crippen LogP contribution in [0.15, 0.2) is 77.4 Å². The fraction of sp³-hybridized carbons (Fsp3) is 0.292. The normalized spacial score (nSPS) is 17.3. The molecule has 0 amide bonds. The minimum absolute atomic E-state index is 0.210. The topological polar surface area (TPSA) is 60.2 Å². The fourth-order valence-electron chi connectivity index (χ4n) is 3.84. The molecule has 2 heterocycles. The molecule has 4 nitrogen and oxygen atoms in total. The van der Waals surface area contributed by atoms with Crippen molar-refractivity contribution in [2.75, 3.05) is 19.5 Å². The highest BCUT2D eigenvalue weighted by Gasteiger charge is 2.27. The lowest BCUT2D eigenvalue weighted by molar-refractivity contribution is 0.200. The van der Waals surface area contributed by atoms with Crippen molar-refractivity contribution in [3.8, 4) is 0 Å². The zero-order valence-corrected chi connectivity index (χ0v) is 16.9. The standard InChI is InChI=1S/C24H29N3O/c1-17-22(9-4-6-19-10-13-26-14-11-19)24(20-7-5-8-21(25)16-20)23(12-15-28-3)18(2)27-17/h4-8,10-11,13-14,16,24,27H,9,12,15,25H2,1-3H3/b6-4+. The maximum absolute atomic E-state index is 6.11. The van der Waals surface area contributed by atoms with Gasteiger partial charge in [-0.1, -0.05) is 24.3 Å². The molecule has 3 N–H and O–H groups in total. The van der Waals surface area contributed by atoms with Crippen molar-refractivity contribution in [2.45, 2.75) is 32.6 Å². The Morgan fingerprint density at radius 3 is 2.57 bits per heavy atom. The number of benzene rings is 1. The largest absolute Gasteiger partial charge is 0.399 e. The predicted octanol–water partition coefficient (Wildman–Crippen LogP) is 5.04. The molecular weight excluding hydrogens is 346 g/mol. The number of hydrogen-bond donors (Lipinski definition) is 2. The van der Waals surface area contributed by atoms with Crippen molar-refractivity contribution in [3.63, 3.8) is 0 Å². The molecule has 1 aromatic heterocycles. The van der Waals surface area contributed by atoms with Crippen molar-refractivity contribution in [3.05, 3.63) is 88.5 Å². The summed E-state index contributed by atoms with van der Waals surface area (Å²) in [6.07, 6.45) is 9.76. The van der Waals surface area contributed by atoms with Gasteiger partial charge in [-0.25, -0.2) is 0 Å². The van der Waals surface area contributed by atoms with E-state index in [1.165, 1.54) is 28.1 Å². The van der Waals surface area contributed by atoms with Crippen LogP contribution in [0.3, 0.4) is 0 Å². The minimum atomic E-state index is 0.210. The van der Waals surface area contributed by atoms with E-state index in [0.717, 1.165) is 24.1 Å². The van der Waals surface area contributed by atoms with Gasteiger partial charge in [-0.15, -0.1) is 0 Å². The molecule has 1 atom stereocenters. The highest BCUT2D eigenvalue weighted by Crippen LogP contribution is 2.41. The van der Waals surface area contributed by atoms with Crippen molar-refractivity contribution in [1.82, 2.24) is 10.3 Å². The first-order chi connectivity index (χ1) is 13.6. The van der Waals surface area contributed by atoms with Crippen LogP contribution in [0.25, 0.3) is 6.08 Å². The number of anilines is 1. The number of nitrogen functional groups attached to an aromatic ring is 1. The summed E-state index contributed by atoms with van der Waals surface area (Å²) in [4.78, 5) is 4.08. The lowest BCUT2D eigenvalue weighted by Crippen LogP contribution is -2.25. The zero-order chi connectivity index (χ0) is 19.9. The van der Waals surface area contributed by atoms with Crippen molar-refractivity contribution in [1.29, 1.82) is 0 Å². The van der Waals surface area contributed by atoms with Gasteiger partial charge >= 0.3 is 0 Å². The summed E-state index contributed by atoms with van der Waals surface area (Å²) in [6.45, 7) is 5.01. The molecule has 0 saturated heterocycles. The van der Waals surface area contributed by atoms with Crippen LogP contribution in [0.1, 0.15) is 43.7 Å². The van der Waals surface area contributed by atoms with Crippen molar-refractivity contribution in [2.24, 2.45) is 0 Å². The van der Waals surface area contributed by atoms with Crippen molar-refractivity contribution < 1.29 is 4.74 Å².